The first kappa shape index (κ1) is 8.92. The second-order valence-electron chi connectivity index (χ2n) is 2.83. The van der Waals surface area contributed by atoms with E-state index < -0.39 is 6.10 Å². The predicted octanol–water partition coefficient (Wildman–Crippen LogP) is 0.632. The van der Waals surface area contributed by atoms with Crippen molar-refractivity contribution in [3.63, 3.8) is 0 Å². The van der Waals surface area contributed by atoms with E-state index in [-0.39, 0.29) is 12.5 Å². The highest BCUT2D eigenvalue weighted by atomic mass is 16.3. The molecule has 0 rings (SSSR count). The molecule has 0 saturated carbocycles. The van der Waals surface area contributed by atoms with Crippen LogP contribution in [0.1, 0.15) is 20.8 Å². The molecule has 0 fully saturated rings. The molecule has 0 radical (unpaired) electrons. The van der Waals surface area contributed by atoms with Crippen LogP contribution in [0.4, 0.5) is 0 Å². The van der Waals surface area contributed by atoms with Crippen LogP contribution in [0.15, 0.2) is 0 Å². The Morgan fingerprint density at radius 2 is 1.67 bits per heavy atom. The van der Waals surface area contributed by atoms with E-state index in [0.29, 0.717) is 5.92 Å². The van der Waals surface area contributed by atoms with Gasteiger partial charge in [0.1, 0.15) is 0 Å². The van der Waals surface area contributed by atoms with Crippen molar-refractivity contribution < 1.29 is 10.2 Å². The number of hydrogen-bond donors (Lipinski definition) is 2. The van der Waals surface area contributed by atoms with Crippen LogP contribution in [-0.4, -0.2) is 22.9 Å². The van der Waals surface area contributed by atoms with Gasteiger partial charge in [-0.1, -0.05) is 13.8 Å². The molecule has 0 unspecified atom stereocenters. The quantitative estimate of drug-likeness (QED) is 0.591. The lowest BCUT2D eigenvalue weighted by Crippen LogP contribution is -2.25. The van der Waals surface area contributed by atoms with E-state index in [2.05, 4.69) is 0 Å². The zero-order valence-corrected chi connectivity index (χ0v) is 6.33. The molecule has 0 spiro atoms. The third-order valence-electron chi connectivity index (χ3n) is 1.69. The van der Waals surface area contributed by atoms with Crippen LogP contribution in [0.2, 0.25) is 0 Å². The van der Waals surface area contributed by atoms with Crippen LogP contribution in [0.25, 0.3) is 0 Å². The van der Waals surface area contributed by atoms with Crippen LogP contribution in [-0.2, 0) is 0 Å². The Morgan fingerprint density at radius 3 is 1.67 bits per heavy atom. The first-order valence-electron chi connectivity index (χ1n) is 3.38. The zero-order chi connectivity index (χ0) is 7.44. The molecule has 0 aliphatic carbocycles. The van der Waals surface area contributed by atoms with Crippen LogP contribution in [0.3, 0.4) is 0 Å². The minimum Gasteiger partial charge on any atom is -0.396 e. The minimum atomic E-state index is -0.394. The molecule has 0 aromatic carbocycles. The van der Waals surface area contributed by atoms with Gasteiger partial charge in [-0.15, -0.1) is 0 Å². The van der Waals surface area contributed by atoms with E-state index in [9.17, 15) is 0 Å². The van der Waals surface area contributed by atoms with Gasteiger partial charge in [0.25, 0.3) is 0 Å². The fourth-order valence-corrected chi connectivity index (χ4v) is 0.920. The third-order valence-corrected chi connectivity index (χ3v) is 1.69. The van der Waals surface area contributed by atoms with Crippen LogP contribution < -0.4 is 0 Å². The van der Waals surface area contributed by atoms with Gasteiger partial charge in [0, 0.05) is 12.5 Å². The Kier molecular flexibility index (Phi) is 3.82. The lowest BCUT2D eigenvalue weighted by atomic mass is 9.92. The van der Waals surface area contributed by atoms with Crippen molar-refractivity contribution in [1.82, 2.24) is 0 Å². The molecule has 2 N–H and O–H groups in total. The maximum atomic E-state index is 9.02. The maximum absolute atomic E-state index is 9.02. The molecule has 0 aliphatic heterocycles. The van der Waals surface area contributed by atoms with Gasteiger partial charge in [0.2, 0.25) is 0 Å². The SMILES string of the molecule is CC(C)[C@@H](CO)[C@H](C)O. The molecule has 0 aliphatic rings. The topological polar surface area (TPSA) is 40.5 Å². The van der Waals surface area contributed by atoms with Crippen molar-refractivity contribution in [3.8, 4) is 0 Å². The van der Waals surface area contributed by atoms with E-state index in [0.717, 1.165) is 0 Å². The predicted molar refractivity (Wildman–Crippen MR) is 37.1 cm³/mol. The highest BCUT2D eigenvalue weighted by molar-refractivity contribution is 4.66. The molecule has 0 aromatic heterocycles. The van der Waals surface area contributed by atoms with Gasteiger partial charge >= 0.3 is 0 Å². The lowest BCUT2D eigenvalue weighted by molar-refractivity contribution is 0.0542. The van der Waals surface area contributed by atoms with Gasteiger partial charge in [-0.3, -0.25) is 0 Å². The van der Waals surface area contributed by atoms with Crippen molar-refractivity contribution in [1.29, 1.82) is 0 Å². The molecule has 2 nitrogen and oxygen atoms in total. The standard InChI is InChI=1S/C7H16O2/c1-5(2)7(4-8)6(3)9/h5-9H,4H2,1-3H3/t6-,7+/m0/s1. The average Bonchev–Trinajstić information content (AvgIpc) is 1.64. The molecule has 2 heteroatoms. The molecule has 0 amide bonds. The van der Waals surface area contributed by atoms with Gasteiger partial charge < -0.3 is 10.2 Å². The van der Waals surface area contributed by atoms with E-state index in [4.69, 9.17) is 10.2 Å². The van der Waals surface area contributed by atoms with Crippen molar-refractivity contribution in [3.05, 3.63) is 0 Å². The van der Waals surface area contributed by atoms with E-state index in [1.165, 1.54) is 0 Å². The highest BCUT2D eigenvalue weighted by Crippen LogP contribution is 2.13. The molecule has 56 valence electrons. The van der Waals surface area contributed by atoms with Gasteiger partial charge in [-0.05, 0) is 12.8 Å². The van der Waals surface area contributed by atoms with Gasteiger partial charge in [0.05, 0.1) is 6.10 Å². The molecule has 9 heavy (non-hydrogen) atoms. The molecule has 0 saturated heterocycles. The summed E-state index contributed by atoms with van der Waals surface area (Å²) in [5.41, 5.74) is 0. The van der Waals surface area contributed by atoms with Crippen molar-refractivity contribution in [2.45, 2.75) is 26.9 Å². The first-order chi connectivity index (χ1) is 4.09. The monoisotopic (exact) mass is 132 g/mol. The molecule has 0 aromatic rings. The van der Waals surface area contributed by atoms with Crippen molar-refractivity contribution in [2.24, 2.45) is 11.8 Å². The number of aliphatic hydroxyl groups is 2. The lowest BCUT2D eigenvalue weighted by Gasteiger charge is -2.20. The summed E-state index contributed by atoms with van der Waals surface area (Å²) >= 11 is 0. The normalized spacial score (nSPS) is 18.0. The molecular formula is C7H16O2. The van der Waals surface area contributed by atoms with Gasteiger partial charge in [-0.2, -0.15) is 0 Å². The largest absolute Gasteiger partial charge is 0.396 e. The maximum Gasteiger partial charge on any atom is 0.0564 e. The summed E-state index contributed by atoms with van der Waals surface area (Å²) in [7, 11) is 0. The van der Waals surface area contributed by atoms with Crippen molar-refractivity contribution >= 4 is 0 Å². The smallest absolute Gasteiger partial charge is 0.0564 e. The molecule has 0 bridgehead atoms. The fraction of sp³-hybridized carbons (Fsp3) is 1.00. The van der Waals surface area contributed by atoms with Gasteiger partial charge in [0.15, 0.2) is 0 Å². The second kappa shape index (κ2) is 3.85. The van der Waals surface area contributed by atoms with E-state index in [1.807, 2.05) is 13.8 Å². The minimum absolute atomic E-state index is 0.0324. The number of rotatable bonds is 3. The van der Waals surface area contributed by atoms with Crippen molar-refractivity contribution in [2.75, 3.05) is 6.61 Å². The Labute approximate surface area is 56.5 Å². The Bertz CT molecular complexity index is 61.3. The number of aliphatic hydroxyl groups excluding tert-OH is 2. The van der Waals surface area contributed by atoms with Crippen LogP contribution in [0, 0.1) is 11.8 Å². The Balaban J connectivity index is 3.68. The summed E-state index contributed by atoms with van der Waals surface area (Å²) in [5.74, 6) is 0.389. The average molecular weight is 132 g/mol. The summed E-state index contributed by atoms with van der Waals surface area (Å²) in [6.07, 6.45) is -0.394. The summed E-state index contributed by atoms with van der Waals surface area (Å²) < 4.78 is 0. The Hall–Kier alpha value is -0.0800. The third kappa shape index (κ3) is 2.82. The highest BCUT2D eigenvalue weighted by Gasteiger charge is 2.16. The number of hydrogen-bond acceptors (Lipinski definition) is 2. The van der Waals surface area contributed by atoms with Crippen LogP contribution >= 0.6 is 0 Å². The Morgan fingerprint density at radius 1 is 1.22 bits per heavy atom. The summed E-state index contributed by atoms with van der Waals surface area (Å²) in [6, 6.07) is 0. The second-order valence-corrected chi connectivity index (χ2v) is 2.83. The fourth-order valence-electron chi connectivity index (χ4n) is 0.920. The summed E-state index contributed by atoms with van der Waals surface area (Å²) in [5, 5.41) is 17.7. The molecule has 0 heterocycles. The van der Waals surface area contributed by atoms with E-state index in [1.54, 1.807) is 6.92 Å². The summed E-state index contributed by atoms with van der Waals surface area (Å²) in [4.78, 5) is 0. The summed E-state index contributed by atoms with van der Waals surface area (Å²) in [6.45, 7) is 5.78. The van der Waals surface area contributed by atoms with E-state index >= 15 is 0 Å². The van der Waals surface area contributed by atoms with Gasteiger partial charge in [-0.25, -0.2) is 0 Å². The first-order valence-corrected chi connectivity index (χ1v) is 3.38. The molecular weight excluding hydrogens is 116 g/mol. The molecule has 2 atom stereocenters. The zero-order valence-electron chi connectivity index (χ0n) is 6.33. The van der Waals surface area contributed by atoms with Crippen LogP contribution in [0.5, 0.6) is 0 Å².